The predicted molar refractivity (Wildman–Crippen MR) is 224 cm³/mol. The molecule has 1 fully saturated rings. The second kappa shape index (κ2) is 12.7. The molecule has 0 amide bonds. The summed E-state index contributed by atoms with van der Waals surface area (Å²) in [6.45, 7) is 0. The van der Waals surface area contributed by atoms with Crippen LogP contribution in [-0.4, -0.2) is 15.0 Å². The minimum absolute atomic E-state index is 0.166. The molecule has 2 aromatic heterocycles. The lowest BCUT2D eigenvalue weighted by molar-refractivity contribution is 0.353. The fraction of sp³-hybridized carbons (Fsp3) is 0.118. The molecule has 11 rings (SSSR count). The lowest BCUT2D eigenvalue weighted by Gasteiger charge is -2.36. The summed E-state index contributed by atoms with van der Waals surface area (Å²) in [5.74, 6) is 1.81. The summed E-state index contributed by atoms with van der Waals surface area (Å²) in [5, 5.41) is 2.11. The number of hydrogen-bond donors (Lipinski definition) is 0. The highest BCUT2D eigenvalue weighted by Crippen LogP contribution is 2.56. The summed E-state index contributed by atoms with van der Waals surface area (Å²) in [6, 6.07) is 58.2. The molecule has 0 atom stereocenters. The van der Waals surface area contributed by atoms with Gasteiger partial charge in [-0.05, 0) is 87.7 Å². The molecular weight excluding hydrogens is 671 g/mol. The van der Waals surface area contributed by atoms with Gasteiger partial charge in [-0.1, -0.05) is 153 Å². The van der Waals surface area contributed by atoms with Gasteiger partial charge in [-0.15, -0.1) is 0 Å². The molecule has 4 nitrogen and oxygen atoms in total. The van der Waals surface area contributed by atoms with Gasteiger partial charge in [0.25, 0.3) is 0 Å². The van der Waals surface area contributed by atoms with Crippen LogP contribution < -0.4 is 0 Å². The van der Waals surface area contributed by atoms with E-state index in [1.807, 2.05) is 60.7 Å². The maximum atomic E-state index is 6.42. The second-order valence-electron chi connectivity index (χ2n) is 15.1. The van der Waals surface area contributed by atoms with Gasteiger partial charge in [0.2, 0.25) is 0 Å². The van der Waals surface area contributed by atoms with E-state index in [0.717, 1.165) is 49.8 Å². The minimum Gasteiger partial charge on any atom is -0.455 e. The van der Waals surface area contributed by atoms with E-state index in [-0.39, 0.29) is 5.41 Å². The Kier molecular flexibility index (Phi) is 7.38. The van der Waals surface area contributed by atoms with Crippen LogP contribution in [-0.2, 0) is 5.41 Å². The topological polar surface area (TPSA) is 51.8 Å². The van der Waals surface area contributed by atoms with Gasteiger partial charge >= 0.3 is 0 Å². The Labute approximate surface area is 320 Å². The minimum atomic E-state index is 0.166. The van der Waals surface area contributed by atoms with Crippen molar-refractivity contribution in [1.82, 2.24) is 15.0 Å². The fourth-order valence-corrected chi connectivity index (χ4v) is 9.32. The molecule has 262 valence electrons. The predicted octanol–water partition coefficient (Wildman–Crippen LogP) is 13.3. The van der Waals surface area contributed by atoms with Crippen molar-refractivity contribution >= 4 is 21.9 Å². The largest absolute Gasteiger partial charge is 0.455 e. The molecule has 0 radical (unpaired) electrons. The van der Waals surface area contributed by atoms with E-state index >= 15 is 0 Å². The van der Waals surface area contributed by atoms with Gasteiger partial charge in [0.05, 0.1) is 5.56 Å². The van der Waals surface area contributed by atoms with Crippen LogP contribution in [0.1, 0.15) is 43.2 Å². The van der Waals surface area contributed by atoms with Gasteiger partial charge in [-0.25, -0.2) is 15.0 Å². The molecule has 7 aromatic carbocycles. The smallest absolute Gasteiger partial charge is 0.167 e. The molecule has 1 saturated carbocycles. The quantitative estimate of drug-likeness (QED) is 0.179. The first-order valence-corrected chi connectivity index (χ1v) is 19.4. The number of fused-ring (bicyclic) bond motifs is 8. The molecule has 9 aromatic rings. The fourth-order valence-electron chi connectivity index (χ4n) is 9.32. The Morgan fingerprint density at radius 2 is 0.945 bits per heavy atom. The third-order valence-corrected chi connectivity index (χ3v) is 11.9. The molecular formula is C51H37N3O. The van der Waals surface area contributed by atoms with Gasteiger partial charge in [-0.2, -0.15) is 0 Å². The van der Waals surface area contributed by atoms with Gasteiger partial charge in [-0.3, -0.25) is 0 Å². The number of benzene rings is 7. The van der Waals surface area contributed by atoms with E-state index in [1.165, 1.54) is 65.5 Å². The van der Waals surface area contributed by atoms with Crippen LogP contribution in [0.5, 0.6) is 0 Å². The molecule has 2 aliphatic carbocycles. The van der Waals surface area contributed by atoms with Crippen LogP contribution in [0.25, 0.3) is 89.5 Å². The SMILES string of the molecule is c1ccc(-c2nc(-c3cccc(-c4cccc(-c5ccc6c(c5)-c5ccccc5C65CCCCC5)c4)c3)nc(-c3cccc4c3oc3ccccc34)n2)cc1. The highest BCUT2D eigenvalue weighted by atomic mass is 16.3. The van der Waals surface area contributed by atoms with Crippen molar-refractivity contribution in [3.8, 4) is 67.5 Å². The molecule has 0 unspecified atom stereocenters. The molecule has 55 heavy (non-hydrogen) atoms. The van der Waals surface area contributed by atoms with E-state index in [4.69, 9.17) is 19.4 Å². The van der Waals surface area contributed by atoms with Gasteiger partial charge < -0.3 is 4.42 Å². The zero-order chi connectivity index (χ0) is 36.3. The Hall–Kier alpha value is -6.65. The Morgan fingerprint density at radius 3 is 1.76 bits per heavy atom. The zero-order valence-corrected chi connectivity index (χ0v) is 30.4. The summed E-state index contributed by atoms with van der Waals surface area (Å²) < 4.78 is 6.42. The monoisotopic (exact) mass is 707 g/mol. The number of para-hydroxylation sites is 2. The summed E-state index contributed by atoms with van der Waals surface area (Å²) in [5.41, 5.74) is 15.0. The van der Waals surface area contributed by atoms with Gasteiger partial charge in [0.15, 0.2) is 17.5 Å². The lowest BCUT2D eigenvalue weighted by atomic mass is 9.68. The molecule has 2 aliphatic rings. The van der Waals surface area contributed by atoms with Crippen molar-refractivity contribution in [3.05, 3.63) is 175 Å². The third kappa shape index (κ3) is 5.24. The highest BCUT2D eigenvalue weighted by molar-refractivity contribution is 6.09. The van der Waals surface area contributed by atoms with Crippen molar-refractivity contribution in [2.75, 3.05) is 0 Å². The van der Waals surface area contributed by atoms with Crippen molar-refractivity contribution in [1.29, 1.82) is 0 Å². The molecule has 0 aliphatic heterocycles. The molecule has 0 N–H and O–H groups in total. The highest BCUT2D eigenvalue weighted by Gasteiger charge is 2.43. The molecule has 1 spiro atoms. The van der Waals surface area contributed by atoms with Crippen LogP contribution in [0.4, 0.5) is 0 Å². The molecule has 0 bridgehead atoms. The van der Waals surface area contributed by atoms with Crippen molar-refractivity contribution in [2.45, 2.75) is 37.5 Å². The Balaban J connectivity index is 0.997. The molecule has 2 heterocycles. The van der Waals surface area contributed by atoms with Crippen LogP contribution in [0.15, 0.2) is 168 Å². The van der Waals surface area contributed by atoms with Crippen LogP contribution in [0.2, 0.25) is 0 Å². The number of furan rings is 1. The van der Waals surface area contributed by atoms with Gasteiger partial charge in [0, 0.05) is 27.3 Å². The first-order chi connectivity index (χ1) is 27.2. The number of nitrogens with zero attached hydrogens (tertiary/aromatic N) is 3. The normalized spacial score (nSPS) is 14.3. The molecule has 0 saturated heterocycles. The summed E-state index contributed by atoms with van der Waals surface area (Å²) in [6.07, 6.45) is 6.43. The zero-order valence-electron chi connectivity index (χ0n) is 30.4. The Morgan fingerprint density at radius 1 is 0.382 bits per heavy atom. The van der Waals surface area contributed by atoms with Crippen LogP contribution >= 0.6 is 0 Å². The number of rotatable bonds is 5. The Bertz CT molecular complexity index is 2920. The van der Waals surface area contributed by atoms with E-state index in [9.17, 15) is 0 Å². The van der Waals surface area contributed by atoms with Crippen LogP contribution in [0, 0.1) is 0 Å². The average Bonchev–Trinajstić information content (AvgIpc) is 3.77. The van der Waals surface area contributed by atoms with Crippen molar-refractivity contribution in [3.63, 3.8) is 0 Å². The molecule has 4 heteroatoms. The number of hydrogen-bond acceptors (Lipinski definition) is 4. The standard InChI is InChI=1S/C51H37N3O/c1-3-14-33(15-4-1)48-52-49(54-50(53-48)42-23-13-22-41-40-21-6-8-25-46(40)55-47(41)42)38-19-12-18-36(31-38)34-16-11-17-35(30-34)37-26-27-45-43(32-37)39-20-5-7-24-44(39)51(45)28-9-2-10-29-51/h1,3-8,11-27,30-32H,2,9-10,28-29H2. The van der Waals surface area contributed by atoms with E-state index in [0.29, 0.717) is 17.5 Å². The summed E-state index contributed by atoms with van der Waals surface area (Å²) in [7, 11) is 0. The number of aromatic nitrogens is 3. The summed E-state index contributed by atoms with van der Waals surface area (Å²) >= 11 is 0. The van der Waals surface area contributed by atoms with Crippen molar-refractivity contribution < 1.29 is 4.42 Å². The lowest BCUT2D eigenvalue weighted by Crippen LogP contribution is -2.27. The first-order valence-electron chi connectivity index (χ1n) is 19.4. The summed E-state index contributed by atoms with van der Waals surface area (Å²) in [4.78, 5) is 15.2. The van der Waals surface area contributed by atoms with Crippen LogP contribution in [0.3, 0.4) is 0 Å². The van der Waals surface area contributed by atoms with Crippen molar-refractivity contribution in [2.24, 2.45) is 0 Å². The van der Waals surface area contributed by atoms with E-state index < -0.39 is 0 Å². The first kappa shape index (κ1) is 31.8. The van der Waals surface area contributed by atoms with E-state index in [2.05, 4.69) is 103 Å². The second-order valence-corrected chi connectivity index (χ2v) is 15.1. The maximum Gasteiger partial charge on any atom is 0.167 e. The van der Waals surface area contributed by atoms with Gasteiger partial charge in [0.1, 0.15) is 11.2 Å². The average molecular weight is 708 g/mol. The third-order valence-electron chi connectivity index (χ3n) is 11.9. The van der Waals surface area contributed by atoms with E-state index in [1.54, 1.807) is 0 Å². The maximum absolute atomic E-state index is 6.42.